The number of likely N-dealkylation sites (N-methyl/N-ethyl adjacent to an activating group) is 1. The summed E-state index contributed by atoms with van der Waals surface area (Å²) >= 11 is 0. The average Bonchev–Trinajstić information content (AvgIpc) is 2.07. The lowest BCUT2D eigenvalue weighted by Gasteiger charge is -2.19. The lowest BCUT2D eigenvalue weighted by molar-refractivity contribution is 0.0325. The maximum absolute atomic E-state index is 5.85. The molecule has 0 spiro atoms. The lowest BCUT2D eigenvalue weighted by atomic mass is 10.0. The third kappa shape index (κ3) is 5.40. The molecule has 1 rings (SSSR count). The fourth-order valence-corrected chi connectivity index (χ4v) is 1.69. The van der Waals surface area contributed by atoms with Gasteiger partial charge >= 0.3 is 0 Å². The Kier molecular flexibility index (Phi) is 5.88. The van der Waals surface area contributed by atoms with E-state index in [2.05, 4.69) is 31.1 Å². The maximum atomic E-state index is 5.85. The largest absolute Gasteiger partial charge is 0.377 e. The van der Waals surface area contributed by atoms with Crippen molar-refractivity contribution in [3.05, 3.63) is 12.2 Å². The molecule has 0 saturated heterocycles. The van der Waals surface area contributed by atoms with E-state index in [1.807, 2.05) is 0 Å². The smallest absolute Gasteiger partial charge is 0.0596 e. The zero-order chi connectivity index (χ0) is 10.2. The Morgan fingerprint density at radius 3 is 2.79 bits per heavy atom. The van der Waals surface area contributed by atoms with Crippen molar-refractivity contribution in [1.82, 2.24) is 4.90 Å². The lowest BCUT2D eigenvalue weighted by Crippen LogP contribution is -2.22. The molecule has 1 aliphatic rings. The molecule has 14 heavy (non-hydrogen) atoms. The third-order valence-electron chi connectivity index (χ3n) is 2.61. The first-order chi connectivity index (χ1) is 6.79. The van der Waals surface area contributed by atoms with Crippen LogP contribution in [-0.4, -0.2) is 38.3 Å². The number of hydrogen-bond acceptors (Lipinski definition) is 2. The van der Waals surface area contributed by atoms with Gasteiger partial charge in [-0.25, -0.2) is 0 Å². The molecule has 0 saturated carbocycles. The molecule has 1 unspecified atom stereocenters. The van der Waals surface area contributed by atoms with E-state index in [4.69, 9.17) is 4.74 Å². The Labute approximate surface area is 87.9 Å². The van der Waals surface area contributed by atoms with Crippen molar-refractivity contribution >= 4 is 0 Å². The van der Waals surface area contributed by atoms with Crippen LogP contribution in [0.4, 0.5) is 0 Å². The molecule has 2 heteroatoms. The van der Waals surface area contributed by atoms with E-state index >= 15 is 0 Å². The highest BCUT2D eigenvalue weighted by atomic mass is 16.5. The molecule has 0 N–H and O–H groups in total. The van der Waals surface area contributed by atoms with Crippen LogP contribution in [0.5, 0.6) is 0 Å². The van der Waals surface area contributed by atoms with Gasteiger partial charge in [-0.05, 0) is 46.2 Å². The van der Waals surface area contributed by atoms with Crippen molar-refractivity contribution in [2.75, 3.05) is 27.2 Å². The van der Waals surface area contributed by atoms with E-state index in [1.54, 1.807) is 0 Å². The summed E-state index contributed by atoms with van der Waals surface area (Å²) in [4.78, 5) is 2.17. The highest BCUT2D eigenvalue weighted by Gasteiger charge is 2.09. The Morgan fingerprint density at radius 2 is 2.00 bits per heavy atom. The first-order valence-corrected chi connectivity index (χ1v) is 5.70. The van der Waals surface area contributed by atoms with E-state index in [0.717, 1.165) is 13.2 Å². The molecule has 0 aliphatic heterocycles. The standard InChI is InChI=1S/C12H23NO/c1-13(2)10-11-14-12-8-6-4-3-5-7-9-12/h3-4,12H,5-11H2,1-2H3/b4-3+. The van der Waals surface area contributed by atoms with Crippen molar-refractivity contribution in [1.29, 1.82) is 0 Å². The molecule has 2 nitrogen and oxygen atoms in total. The van der Waals surface area contributed by atoms with E-state index in [0.29, 0.717) is 6.10 Å². The minimum Gasteiger partial charge on any atom is -0.377 e. The summed E-state index contributed by atoms with van der Waals surface area (Å²) in [5.74, 6) is 0. The third-order valence-corrected chi connectivity index (χ3v) is 2.61. The van der Waals surface area contributed by atoms with E-state index in [9.17, 15) is 0 Å². The van der Waals surface area contributed by atoms with Gasteiger partial charge in [0.05, 0.1) is 12.7 Å². The fraction of sp³-hybridized carbons (Fsp3) is 0.833. The van der Waals surface area contributed by atoms with Crippen LogP contribution in [-0.2, 0) is 4.74 Å². The van der Waals surface area contributed by atoms with Gasteiger partial charge in [0.1, 0.15) is 0 Å². The van der Waals surface area contributed by atoms with Crippen molar-refractivity contribution in [2.45, 2.75) is 38.2 Å². The summed E-state index contributed by atoms with van der Waals surface area (Å²) in [6, 6.07) is 0. The predicted octanol–water partition coefficient (Wildman–Crippen LogP) is 2.45. The molecule has 1 aliphatic carbocycles. The van der Waals surface area contributed by atoms with Gasteiger partial charge < -0.3 is 9.64 Å². The van der Waals surface area contributed by atoms with E-state index in [1.165, 1.54) is 32.1 Å². The molecule has 0 amide bonds. The average molecular weight is 197 g/mol. The molecular formula is C12H23NO. The molecule has 82 valence electrons. The van der Waals surface area contributed by atoms with Crippen LogP contribution in [0.25, 0.3) is 0 Å². The molecule has 0 heterocycles. The summed E-state index contributed by atoms with van der Waals surface area (Å²) in [7, 11) is 4.18. The first kappa shape index (κ1) is 11.7. The van der Waals surface area contributed by atoms with Gasteiger partial charge in [-0.3, -0.25) is 0 Å². The maximum Gasteiger partial charge on any atom is 0.0596 e. The molecule has 0 radical (unpaired) electrons. The van der Waals surface area contributed by atoms with Crippen molar-refractivity contribution in [2.24, 2.45) is 0 Å². The van der Waals surface area contributed by atoms with Crippen LogP contribution in [0.15, 0.2) is 12.2 Å². The van der Waals surface area contributed by atoms with Crippen LogP contribution in [0.1, 0.15) is 32.1 Å². The normalized spacial score (nSPS) is 25.8. The summed E-state index contributed by atoms with van der Waals surface area (Å²) in [5.41, 5.74) is 0. The number of rotatable bonds is 4. The zero-order valence-corrected chi connectivity index (χ0v) is 9.54. The van der Waals surface area contributed by atoms with Crippen LogP contribution in [0.3, 0.4) is 0 Å². The minimum absolute atomic E-state index is 0.500. The Morgan fingerprint density at radius 1 is 1.21 bits per heavy atom. The van der Waals surface area contributed by atoms with E-state index < -0.39 is 0 Å². The quantitative estimate of drug-likeness (QED) is 0.642. The number of hydrogen-bond donors (Lipinski definition) is 0. The zero-order valence-electron chi connectivity index (χ0n) is 9.54. The van der Waals surface area contributed by atoms with Crippen molar-refractivity contribution in [3.63, 3.8) is 0 Å². The van der Waals surface area contributed by atoms with Crippen LogP contribution in [0.2, 0.25) is 0 Å². The molecular weight excluding hydrogens is 174 g/mol. The highest BCUT2D eigenvalue weighted by molar-refractivity contribution is 4.85. The SMILES string of the molecule is CN(C)CCOC1CC/C=C/CCC1. The fourth-order valence-electron chi connectivity index (χ4n) is 1.69. The molecule has 1 atom stereocenters. The monoisotopic (exact) mass is 197 g/mol. The van der Waals surface area contributed by atoms with Gasteiger partial charge in [0.2, 0.25) is 0 Å². The summed E-state index contributed by atoms with van der Waals surface area (Å²) in [6.45, 7) is 1.91. The Bertz CT molecular complexity index is 166. The van der Waals surface area contributed by atoms with Gasteiger partial charge in [0.15, 0.2) is 0 Å². The van der Waals surface area contributed by atoms with Crippen molar-refractivity contribution < 1.29 is 4.74 Å². The van der Waals surface area contributed by atoms with Gasteiger partial charge in [-0.15, -0.1) is 0 Å². The summed E-state index contributed by atoms with van der Waals surface area (Å²) < 4.78 is 5.85. The summed E-state index contributed by atoms with van der Waals surface area (Å²) in [6.07, 6.45) is 11.2. The second-order valence-corrected chi connectivity index (χ2v) is 4.28. The molecule has 0 aromatic heterocycles. The Balaban J connectivity index is 2.12. The Hall–Kier alpha value is -0.340. The van der Waals surface area contributed by atoms with Gasteiger partial charge in [-0.1, -0.05) is 12.2 Å². The molecule has 0 bridgehead atoms. The van der Waals surface area contributed by atoms with Crippen LogP contribution < -0.4 is 0 Å². The topological polar surface area (TPSA) is 12.5 Å². The second-order valence-electron chi connectivity index (χ2n) is 4.28. The van der Waals surface area contributed by atoms with Crippen LogP contribution in [0, 0.1) is 0 Å². The van der Waals surface area contributed by atoms with Gasteiger partial charge in [0.25, 0.3) is 0 Å². The summed E-state index contributed by atoms with van der Waals surface area (Å²) in [5, 5.41) is 0. The van der Waals surface area contributed by atoms with Gasteiger partial charge in [-0.2, -0.15) is 0 Å². The van der Waals surface area contributed by atoms with Gasteiger partial charge in [0, 0.05) is 6.54 Å². The second kappa shape index (κ2) is 7.02. The first-order valence-electron chi connectivity index (χ1n) is 5.70. The molecule has 0 aromatic carbocycles. The number of ether oxygens (including phenoxy) is 1. The predicted molar refractivity (Wildman–Crippen MR) is 60.5 cm³/mol. The number of nitrogens with zero attached hydrogens (tertiary/aromatic N) is 1. The molecule has 0 fully saturated rings. The number of allylic oxidation sites excluding steroid dienone is 2. The van der Waals surface area contributed by atoms with Crippen molar-refractivity contribution in [3.8, 4) is 0 Å². The van der Waals surface area contributed by atoms with E-state index in [-0.39, 0.29) is 0 Å². The van der Waals surface area contributed by atoms with Crippen LogP contribution >= 0.6 is 0 Å². The minimum atomic E-state index is 0.500. The molecule has 0 aromatic rings. The highest BCUT2D eigenvalue weighted by Crippen LogP contribution is 2.15.